The lowest BCUT2D eigenvalue weighted by molar-refractivity contribution is -0.143. The molecule has 4 aliphatic heterocycles. The van der Waals surface area contributed by atoms with Crippen LogP contribution in [0, 0.1) is 6.92 Å². The minimum Gasteiger partial charge on any atom is -0.436 e. The zero-order valence-corrected chi connectivity index (χ0v) is 29.1. The van der Waals surface area contributed by atoms with Crippen LogP contribution in [-0.2, 0) is 29.4 Å². The number of carbonyl (C=O) groups excluding carboxylic acids is 3. The first-order valence-corrected chi connectivity index (χ1v) is 18.0. The maximum absolute atomic E-state index is 14.2. The molecule has 0 unspecified atom stereocenters. The second-order valence-corrected chi connectivity index (χ2v) is 14.4. The first-order valence-electron chi connectivity index (χ1n) is 18.0. The number of aromatic nitrogens is 2. The summed E-state index contributed by atoms with van der Waals surface area (Å²) in [6.45, 7) is 8.77. The number of piperidine rings is 2. The van der Waals surface area contributed by atoms with Gasteiger partial charge in [0.2, 0.25) is 0 Å². The number of rotatable bonds is 6. The topological polar surface area (TPSA) is 106 Å². The Hall–Kier alpha value is -4.16. The predicted octanol–water partition coefficient (Wildman–Crippen LogP) is 3.72. The van der Waals surface area contributed by atoms with Crippen molar-refractivity contribution in [3.05, 3.63) is 59.4 Å². The Balaban J connectivity index is 1.01. The summed E-state index contributed by atoms with van der Waals surface area (Å²) in [5.74, 6) is -0.133. The molecule has 4 aliphatic rings. The minimum absolute atomic E-state index is 0.0322. The number of piperazine rings is 1. The number of nitrogens with zero attached hydrogens (tertiary/aromatic N) is 7. The fourth-order valence-corrected chi connectivity index (χ4v) is 8.27. The van der Waals surface area contributed by atoms with E-state index in [1.54, 1.807) is 11.2 Å². The van der Waals surface area contributed by atoms with Gasteiger partial charge < -0.3 is 34.2 Å². The predicted molar refractivity (Wildman–Crippen MR) is 189 cm³/mol. The third kappa shape index (κ3) is 7.26. The highest BCUT2D eigenvalue weighted by atomic mass is 16.6. The molecule has 0 spiro atoms. The van der Waals surface area contributed by atoms with E-state index in [2.05, 4.69) is 39.3 Å². The Morgan fingerprint density at radius 1 is 0.898 bits per heavy atom. The number of anilines is 1. The first kappa shape index (κ1) is 33.3. The van der Waals surface area contributed by atoms with E-state index >= 15 is 0 Å². The number of fused-ring (bicyclic) bond motifs is 2. The molecule has 12 heteroatoms. The summed E-state index contributed by atoms with van der Waals surface area (Å²) in [7, 11) is 4.15. The maximum atomic E-state index is 14.2. The lowest BCUT2D eigenvalue weighted by Gasteiger charge is -2.42. The summed E-state index contributed by atoms with van der Waals surface area (Å²) in [5.41, 5.74) is 5.91. The number of nitrogens with one attached hydrogen (secondary N) is 1. The molecule has 4 amide bonds. The van der Waals surface area contributed by atoms with E-state index in [0.717, 1.165) is 78.9 Å². The van der Waals surface area contributed by atoms with E-state index < -0.39 is 12.2 Å². The highest BCUT2D eigenvalue weighted by molar-refractivity contribution is 5.91. The molecule has 0 bridgehead atoms. The minimum atomic E-state index is -0.935. The molecule has 262 valence electrons. The molecule has 2 aromatic carbocycles. The van der Waals surface area contributed by atoms with Gasteiger partial charge >= 0.3 is 12.1 Å². The van der Waals surface area contributed by atoms with Crippen LogP contribution < -0.4 is 5.32 Å². The first-order chi connectivity index (χ1) is 23.7. The quantitative estimate of drug-likeness (QED) is 0.426. The summed E-state index contributed by atoms with van der Waals surface area (Å²) in [6.07, 6.45) is 5.11. The van der Waals surface area contributed by atoms with Gasteiger partial charge in [-0.2, -0.15) is 0 Å². The summed E-state index contributed by atoms with van der Waals surface area (Å²) >= 11 is 0. The smallest absolute Gasteiger partial charge is 0.410 e. The van der Waals surface area contributed by atoms with Gasteiger partial charge in [0, 0.05) is 77.1 Å². The largest absolute Gasteiger partial charge is 0.436 e. The lowest BCUT2D eigenvalue weighted by Crippen LogP contribution is -2.56. The molecule has 12 nitrogen and oxygen atoms in total. The number of amides is 4. The molecule has 3 saturated heterocycles. The number of urea groups is 1. The zero-order chi connectivity index (χ0) is 34.1. The number of para-hydroxylation sites is 1. The SMILES string of the molecule is Cc1cc(C[C@@H](OC(=O)N2CCC(N3CCc4ccccc4NC3=O)CC2)C(=O)N2CCN(C3CCN(C)CC3)CC2)cc2ncn(C)c12. The number of aryl methyl sites for hydroxylation is 2. The van der Waals surface area contributed by atoms with Gasteiger partial charge in [0.05, 0.1) is 17.4 Å². The number of hydrogen-bond acceptors (Lipinski definition) is 7. The summed E-state index contributed by atoms with van der Waals surface area (Å²) in [6, 6.07) is 12.5. The highest BCUT2D eigenvalue weighted by Gasteiger charge is 2.36. The van der Waals surface area contributed by atoms with E-state index in [4.69, 9.17) is 4.74 Å². The Labute approximate surface area is 288 Å². The van der Waals surface area contributed by atoms with Gasteiger partial charge in [0.25, 0.3) is 5.91 Å². The van der Waals surface area contributed by atoms with Crippen molar-refractivity contribution in [3.63, 3.8) is 0 Å². The van der Waals surface area contributed by atoms with Crippen molar-refractivity contribution in [1.82, 2.24) is 34.1 Å². The van der Waals surface area contributed by atoms with E-state index in [0.29, 0.717) is 51.6 Å². The Morgan fingerprint density at radius 3 is 2.37 bits per heavy atom. The number of ether oxygens (including phenoxy) is 1. The van der Waals surface area contributed by atoms with Crippen molar-refractivity contribution < 1.29 is 19.1 Å². The van der Waals surface area contributed by atoms with Crippen molar-refractivity contribution in [2.24, 2.45) is 7.05 Å². The van der Waals surface area contributed by atoms with Gasteiger partial charge in [-0.05, 0) is 88.0 Å². The third-order valence-corrected chi connectivity index (χ3v) is 11.1. The van der Waals surface area contributed by atoms with Crippen molar-refractivity contribution in [3.8, 4) is 0 Å². The second-order valence-electron chi connectivity index (χ2n) is 14.4. The summed E-state index contributed by atoms with van der Waals surface area (Å²) in [4.78, 5) is 56.0. The van der Waals surface area contributed by atoms with Crippen LogP contribution in [0.1, 0.15) is 42.4 Å². The molecule has 0 radical (unpaired) electrons. The molecule has 3 aromatic rings. The third-order valence-electron chi connectivity index (χ3n) is 11.1. The molecule has 1 aromatic heterocycles. The molecular weight excluding hydrogens is 620 g/mol. The van der Waals surface area contributed by atoms with E-state index in [1.807, 2.05) is 52.6 Å². The fourth-order valence-electron chi connectivity index (χ4n) is 8.27. The van der Waals surface area contributed by atoms with Crippen molar-refractivity contribution >= 4 is 34.8 Å². The number of imidazole rings is 1. The number of likely N-dealkylation sites (tertiary alicyclic amines) is 2. The number of hydrogen-bond donors (Lipinski definition) is 1. The average Bonchev–Trinajstić information content (AvgIpc) is 3.40. The van der Waals surface area contributed by atoms with Crippen LogP contribution in [0.4, 0.5) is 15.3 Å². The normalized spacial score (nSPS) is 21.0. The maximum Gasteiger partial charge on any atom is 0.410 e. The molecule has 5 heterocycles. The summed E-state index contributed by atoms with van der Waals surface area (Å²) < 4.78 is 8.14. The van der Waals surface area contributed by atoms with Crippen molar-refractivity contribution in [2.45, 2.75) is 63.6 Å². The van der Waals surface area contributed by atoms with E-state index in [1.165, 1.54) is 0 Å². The van der Waals surface area contributed by atoms with Crippen LogP contribution >= 0.6 is 0 Å². The van der Waals surface area contributed by atoms with Gasteiger partial charge in [0.15, 0.2) is 6.10 Å². The fraction of sp³-hybridized carbons (Fsp3) is 0.568. The monoisotopic (exact) mass is 670 g/mol. The summed E-state index contributed by atoms with van der Waals surface area (Å²) in [5, 5.41) is 3.06. The van der Waals surface area contributed by atoms with Gasteiger partial charge in [-0.3, -0.25) is 9.69 Å². The highest BCUT2D eigenvalue weighted by Crippen LogP contribution is 2.26. The number of benzene rings is 2. The molecule has 3 fully saturated rings. The van der Waals surface area contributed by atoms with Crippen molar-refractivity contribution in [2.75, 3.05) is 71.3 Å². The Morgan fingerprint density at radius 2 is 1.61 bits per heavy atom. The molecule has 1 atom stereocenters. The molecule has 0 saturated carbocycles. The molecular formula is C37H50N8O4. The van der Waals surface area contributed by atoms with E-state index in [-0.39, 0.29) is 24.4 Å². The Kier molecular flexibility index (Phi) is 9.77. The van der Waals surface area contributed by atoms with Crippen LogP contribution in [-0.4, -0.2) is 136 Å². The van der Waals surface area contributed by atoms with Crippen molar-refractivity contribution in [1.29, 1.82) is 0 Å². The van der Waals surface area contributed by atoms with Crippen LogP contribution in [0.3, 0.4) is 0 Å². The van der Waals surface area contributed by atoms with Crippen LogP contribution in [0.25, 0.3) is 11.0 Å². The Bertz CT molecular complexity index is 1670. The molecule has 0 aliphatic carbocycles. The average molecular weight is 671 g/mol. The number of carbonyl (C=O) groups is 3. The van der Waals surface area contributed by atoms with Crippen LogP contribution in [0.5, 0.6) is 0 Å². The molecule has 7 rings (SSSR count). The molecule has 1 N–H and O–H groups in total. The van der Waals surface area contributed by atoms with Gasteiger partial charge in [0.1, 0.15) is 0 Å². The van der Waals surface area contributed by atoms with Crippen LogP contribution in [0.2, 0.25) is 0 Å². The molecule has 49 heavy (non-hydrogen) atoms. The van der Waals surface area contributed by atoms with Gasteiger partial charge in [-0.15, -0.1) is 0 Å². The van der Waals surface area contributed by atoms with Gasteiger partial charge in [-0.25, -0.2) is 14.6 Å². The zero-order valence-electron chi connectivity index (χ0n) is 29.1. The van der Waals surface area contributed by atoms with Crippen LogP contribution in [0.15, 0.2) is 42.7 Å². The second kappa shape index (κ2) is 14.4. The van der Waals surface area contributed by atoms with Gasteiger partial charge in [-0.1, -0.05) is 24.3 Å². The van der Waals surface area contributed by atoms with E-state index in [9.17, 15) is 14.4 Å². The standard InChI is InChI=1S/C37H50N8O4/c1-26-22-27(23-32-34(26)41(3)25-38-32)24-33(35(46)43-20-18-42(19-21-43)29-9-13-40(2)14-10-29)49-37(48)44-15-11-30(12-16-44)45-17-8-28-6-4-5-7-31(28)39-36(45)47/h4-7,22-23,25,29-30,33H,8-21,24H2,1-3H3,(H,39,47)/t33-/m1/s1. The lowest BCUT2D eigenvalue weighted by atomic mass is 10.0.